The SMILES string of the molecule is CC(C)CCCCCCCCCCCCCCCOc1ccccc1C(=O)NCCCC(=O)O. The van der Waals surface area contributed by atoms with Crippen LogP contribution in [0, 0.1) is 5.92 Å². The van der Waals surface area contributed by atoms with Crippen molar-refractivity contribution in [3.63, 3.8) is 0 Å². The highest BCUT2D eigenvalue weighted by molar-refractivity contribution is 5.96. The zero-order valence-corrected chi connectivity index (χ0v) is 21.8. The molecule has 0 saturated carbocycles. The van der Waals surface area contributed by atoms with E-state index in [4.69, 9.17) is 9.84 Å². The summed E-state index contributed by atoms with van der Waals surface area (Å²) in [5.74, 6) is 0.383. The van der Waals surface area contributed by atoms with E-state index in [-0.39, 0.29) is 12.3 Å². The average Bonchev–Trinajstić information content (AvgIpc) is 2.81. The molecule has 1 aromatic carbocycles. The molecule has 0 bridgehead atoms. The van der Waals surface area contributed by atoms with Gasteiger partial charge in [0.1, 0.15) is 5.75 Å². The summed E-state index contributed by atoms with van der Waals surface area (Å²) in [6, 6.07) is 7.24. The van der Waals surface area contributed by atoms with Crippen molar-refractivity contribution >= 4 is 11.9 Å². The van der Waals surface area contributed by atoms with Gasteiger partial charge in [-0.3, -0.25) is 9.59 Å². The molecule has 0 radical (unpaired) electrons. The Morgan fingerprint density at radius 2 is 1.32 bits per heavy atom. The minimum atomic E-state index is -0.851. The molecule has 5 nitrogen and oxygen atoms in total. The van der Waals surface area contributed by atoms with Crippen LogP contribution in [0.25, 0.3) is 0 Å². The van der Waals surface area contributed by atoms with Crippen LogP contribution in [0.2, 0.25) is 0 Å². The molecule has 0 aromatic heterocycles. The summed E-state index contributed by atoms with van der Waals surface area (Å²) in [7, 11) is 0. The van der Waals surface area contributed by atoms with Crippen LogP contribution >= 0.6 is 0 Å². The van der Waals surface area contributed by atoms with Crippen LogP contribution in [0.5, 0.6) is 5.75 Å². The van der Waals surface area contributed by atoms with Crippen molar-refractivity contribution in [3.05, 3.63) is 29.8 Å². The van der Waals surface area contributed by atoms with Crippen molar-refractivity contribution in [3.8, 4) is 5.75 Å². The maximum Gasteiger partial charge on any atom is 0.303 e. The van der Waals surface area contributed by atoms with Crippen molar-refractivity contribution < 1.29 is 19.4 Å². The molecule has 1 amide bonds. The molecule has 0 fully saturated rings. The van der Waals surface area contributed by atoms with Gasteiger partial charge in [0.05, 0.1) is 12.2 Å². The van der Waals surface area contributed by atoms with E-state index in [9.17, 15) is 9.59 Å². The topological polar surface area (TPSA) is 75.6 Å². The number of carboxylic acids is 1. The van der Waals surface area contributed by atoms with Crippen molar-refractivity contribution in [1.29, 1.82) is 0 Å². The van der Waals surface area contributed by atoms with Crippen LogP contribution in [-0.4, -0.2) is 30.1 Å². The highest BCUT2D eigenvalue weighted by atomic mass is 16.5. The number of hydrogen-bond acceptors (Lipinski definition) is 3. The number of amides is 1. The molecule has 0 aliphatic carbocycles. The normalized spacial score (nSPS) is 11.0. The van der Waals surface area contributed by atoms with Gasteiger partial charge in [0, 0.05) is 13.0 Å². The van der Waals surface area contributed by atoms with Crippen molar-refractivity contribution in [2.24, 2.45) is 5.92 Å². The fourth-order valence-electron chi connectivity index (χ4n) is 4.10. The highest BCUT2D eigenvalue weighted by Gasteiger charge is 2.11. The first-order valence-electron chi connectivity index (χ1n) is 13.7. The largest absolute Gasteiger partial charge is 0.493 e. The lowest BCUT2D eigenvalue weighted by atomic mass is 10.0. The molecule has 34 heavy (non-hydrogen) atoms. The third kappa shape index (κ3) is 16.6. The molecule has 0 unspecified atom stereocenters. The molecule has 0 spiro atoms. The van der Waals surface area contributed by atoms with Gasteiger partial charge < -0.3 is 15.2 Å². The molecule has 1 rings (SSSR count). The third-order valence-electron chi connectivity index (χ3n) is 6.17. The van der Waals surface area contributed by atoms with Crippen LogP contribution < -0.4 is 10.1 Å². The van der Waals surface area contributed by atoms with E-state index in [2.05, 4.69) is 19.2 Å². The Bertz CT molecular complexity index is 659. The van der Waals surface area contributed by atoms with E-state index >= 15 is 0 Å². The van der Waals surface area contributed by atoms with E-state index < -0.39 is 5.97 Å². The summed E-state index contributed by atoms with van der Waals surface area (Å²) in [5, 5.41) is 11.5. The summed E-state index contributed by atoms with van der Waals surface area (Å²) in [5.41, 5.74) is 0.508. The summed E-state index contributed by atoms with van der Waals surface area (Å²) in [4.78, 5) is 22.9. The Morgan fingerprint density at radius 3 is 1.88 bits per heavy atom. The second-order valence-electron chi connectivity index (χ2n) is 9.88. The van der Waals surface area contributed by atoms with E-state index in [1.165, 1.54) is 77.0 Å². The monoisotopic (exact) mass is 475 g/mol. The number of unbranched alkanes of at least 4 members (excludes halogenated alkanes) is 12. The fourth-order valence-corrected chi connectivity index (χ4v) is 4.10. The Hall–Kier alpha value is -2.04. The second-order valence-corrected chi connectivity index (χ2v) is 9.88. The maximum atomic E-state index is 12.4. The predicted molar refractivity (Wildman–Crippen MR) is 141 cm³/mol. The summed E-state index contributed by atoms with van der Waals surface area (Å²) < 4.78 is 5.87. The molecule has 0 aliphatic heterocycles. The van der Waals surface area contributed by atoms with Gasteiger partial charge in [-0.15, -0.1) is 0 Å². The fraction of sp³-hybridized carbons (Fsp3) is 0.724. The van der Waals surface area contributed by atoms with Gasteiger partial charge in [-0.2, -0.15) is 0 Å². The van der Waals surface area contributed by atoms with Gasteiger partial charge in [-0.25, -0.2) is 0 Å². The van der Waals surface area contributed by atoms with Gasteiger partial charge in [-0.1, -0.05) is 109 Å². The number of ether oxygens (including phenoxy) is 1. The van der Waals surface area contributed by atoms with E-state index in [1.54, 1.807) is 6.07 Å². The average molecular weight is 476 g/mol. The summed E-state index contributed by atoms with van der Waals surface area (Å²) in [6.45, 7) is 5.58. The minimum Gasteiger partial charge on any atom is -0.493 e. The summed E-state index contributed by atoms with van der Waals surface area (Å²) in [6.07, 6.45) is 19.0. The van der Waals surface area contributed by atoms with Gasteiger partial charge in [-0.05, 0) is 30.9 Å². The van der Waals surface area contributed by atoms with E-state index in [0.29, 0.717) is 30.9 Å². The molecule has 0 aliphatic rings. The van der Waals surface area contributed by atoms with Crippen LogP contribution in [0.1, 0.15) is 127 Å². The lowest BCUT2D eigenvalue weighted by molar-refractivity contribution is -0.137. The first-order valence-corrected chi connectivity index (χ1v) is 13.7. The summed E-state index contributed by atoms with van der Waals surface area (Å²) >= 11 is 0. The van der Waals surface area contributed by atoms with Gasteiger partial charge in [0.25, 0.3) is 5.91 Å². The molecule has 0 saturated heterocycles. The van der Waals surface area contributed by atoms with Gasteiger partial charge in [0.2, 0.25) is 0 Å². The van der Waals surface area contributed by atoms with Crippen molar-refractivity contribution in [2.45, 2.75) is 117 Å². The van der Waals surface area contributed by atoms with Crippen LogP contribution in [0.4, 0.5) is 0 Å². The molecule has 0 heterocycles. The van der Waals surface area contributed by atoms with Crippen molar-refractivity contribution in [2.75, 3.05) is 13.2 Å². The Labute approximate surface area is 208 Å². The van der Waals surface area contributed by atoms with Crippen LogP contribution in [-0.2, 0) is 4.79 Å². The first kappa shape index (κ1) is 30.0. The van der Waals surface area contributed by atoms with Gasteiger partial charge in [0.15, 0.2) is 0 Å². The smallest absolute Gasteiger partial charge is 0.303 e. The number of carbonyl (C=O) groups excluding carboxylic acids is 1. The van der Waals surface area contributed by atoms with Crippen molar-refractivity contribution in [1.82, 2.24) is 5.32 Å². The zero-order chi connectivity index (χ0) is 24.9. The Kier molecular flexibility index (Phi) is 17.9. The predicted octanol–water partition coefficient (Wildman–Crippen LogP) is 7.78. The number of para-hydroxylation sites is 1. The number of nitrogens with one attached hydrogen (secondary N) is 1. The molecule has 5 heteroatoms. The number of hydrogen-bond donors (Lipinski definition) is 2. The Morgan fingerprint density at radius 1 is 0.794 bits per heavy atom. The van der Waals surface area contributed by atoms with E-state index in [1.807, 2.05) is 18.2 Å². The standard InChI is InChI=1S/C29H49NO4/c1-25(2)19-14-12-10-8-6-4-3-5-7-9-11-13-17-24-34-27-21-16-15-20-26(27)29(33)30-23-18-22-28(31)32/h15-16,20-21,25H,3-14,17-19,22-24H2,1-2H3,(H,30,33)(H,31,32). The van der Waals surface area contributed by atoms with Crippen LogP contribution in [0.3, 0.4) is 0 Å². The van der Waals surface area contributed by atoms with E-state index in [0.717, 1.165) is 18.8 Å². The third-order valence-corrected chi connectivity index (χ3v) is 6.17. The molecule has 2 N–H and O–H groups in total. The number of rotatable bonds is 22. The molecule has 194 valence electrons. The van der Waals surface area contributed by atoms with Gasteiger partial charge >= 0.3 is 5.97 Å². The zero-order valence-electron chi connectivity index (χ0n) is 21.8. The number of aliphatic carboxylic acids is 1. The molecular formula is C29H49NO4. The van der Waals surface area contributed by atoms with Crippen LogP contribution in [0.15, 0.2) is 24.3 Å². The number of carboxylic acid groups (broad SMARTS) is 1. The Balaban J connectivity index is 2.00. The first-order chi connectivity index (χ1) is 16.5. The lowest BCUT2D eigenvalue weighted by Crippen LogP contribution is -2.25. The quantitative estimate of drug-likeness (QED) is 0.168. The molecule has 1 aromatic rings. The lowest BCUT2D eigenvalue weighted by Gasteiger charge is -2.11. The highest BCUT2D eigenvalue weighted by Crippen LogP contribution is 2.19. The number of benzene rings is 1. The minimum absolute atomic E-state index is 0.0527. The molecule has 0 atom stereocenters. The molecular weight excluding hydrogens is 426 g/mol. The second kappa shape index (κ2) is 20.3. The maximum absolute atomic E-state index is 12.4. The number of carbonyl (C=O) groups is 2.